The predicted molar refractivity (Wildman–Crippen MR) is 68.9 cm³/mol. The molecule has 1 rings (SSSR count). The first kappa shape index (κ1) is 14.0. The van der Waals surface area contributed by atoms with E-state index in [2.05, 4.69) is 0 Å². The number of aliphatic hydroxyl groups excluding tert-OH is 1. The molecule has 4 heteroatoms. The Morgan fingerprint density at radius 1 is 1.35 bits per heavy atom. The second kappa shape index (κ2) is 7.30. The summed E-state index contributed by atoms with van der Waals surface area (Å²) < 4.78 is 0. The predicted octanol–water partition coefficient (Wildman–Crippen LogP) is 2.46. The summed E-state index contributed by atoms with van der Waals surface area (Å²) in [6, 6.07) is 7.51. The van der Waals surface area contributed by atoms with Gasteiger partial charge in [-0.1, -0.05) is 29.8 Å². The van der Waals surface area contributed by atoms with Crippen molar-refractivity contribution in [2.24, 2.45) is 0 Å². The molecule has 1 N–H and O–H groups in total. The molecule has 0 fully saturated rings. The third-order valence-corrected chi connectivity index (χ3v) is 2.96. The number of halogens is 1. The number of hydrogen-bond donors (Lipinski definition) is 1. The molecule has 1 amide bonds. The zero-order valence-corrected chi connectivity index (χ0v) is 10.8. The van der Waals surface area contributed by atoms with Gasteiger partial charge in [0.05, 0.1) is 0 Å². The van der Waals surface area contributed by atoms with Gasteiger partial charge < -0.3 is 10.0 Å². The summed E-state index contributed by atoms with van der Waals surface area (Å²) in [5.74, 6) is 0.0818. The first-order valence-corrected chi connectivity index (χ1v) is 6.11. The maximum absolute atomic E-state index is 11.7. The fourth-order valence-electron chi connectivity index (χ4n) is 1.55. The minimum absolute atomic E-state index is 0.0818. The number of amides is 1. The highest BCUT2D eigenvalue weighted by molar-refractivity contribution is 6.31. The highest BCUT2D eigenvalue weighted by Crippen LogP contribution is 2.16. The van der Waals surface area contributed by atoms with E-state index in [1.165, 1.54) is 0 Å². The van der Waals surface area contributed by atoms with Crippen LogP contribution >= 0.6 is 11.6 Å². The minimum Gasteiger partial charge on any atom is -0.396 e. The van der Waals surface area contributed by atoms with Crippen LogP contribution in [0.3, 0.4) is 0 Å². The monoisotopic (exact) mass is 255 g/mol. The summed E-state index contributed by atoms with van der Waals surface area (Å²) in [5, 5.41) is 9.33. The zero-order valence-electron chi connectivity index (χ0n) is 10.0. The largest absolute Gasteiger partial charge is 0.396 e. The molecule has 0 aliphatic heterocycles. The number of benzene rings is 1. The molecule has 0 radical (unpaired) electrons. The summed E-state index contributed by atoms with van der Waals surface area (Å²) in [4.78, 5) is 13.4. The molecule has 94 valence electrons. The number of hydrogen-bond acceptors (Lipinski definition) is 2. The molecule has 0 spiro atoms. The van der Waals surface area contributed by atoms with E-state index in [1.807, 2.05) is 24.3 Å². The van der Waals surface area contributed by atoms with Crippen LogP contribution in [-0.2, 0) is 11.3 Å². The van der Waals surface area contributed by atoms with Crippen molar-refractivity contribution in [3.8, 4) is 0 Å². The van der Waals surface area contributed by atoms with Gasteiger partial charge in [-0.3, -0.25) is 4.79 Å². The maximum atomic E-state index is 11.7. The molecule has 3 nitrogen and oxygen atoms in total. The molecule has 0 atom stereocenters. The van der Waals surface area contributed by atoms with Crippen molar-refractivity contribution in [1.82, 2.24) is 4.90 Å². The van der Waals surface area contributed by atoms with Gasteiger partial charge in [-0.25, -0.2) is 0 Å². The van der Waals surface area contributed by atoms with E-state index in [9.17, 15) is 4.79 Å². The first-order chi connectivity index (χ1) is 8.15. The van der Waals surface area contributed by atoms with Gasteiger partial charge in [0.15, 0.2) is 0 Å². The van der Waals surface area contributed by atoms with Crippen molar-refractivity contribution in [3.63, 3.8) is 0 Å². The summed E-state index contributed by atoms with van der Waals surface area (Å²) in [7, 11) is 1.77. The SMILES string of the molecule is CN(Cc1ccccc1Cl)C(=O)CCCCO. The van der Waals surface area contributed by atoms with Crippen LogP contribution in [0.4, 0.5) is 0 Å². The van der Waals surface area contributed by atoms with Crippen molar-refractivity contribution in [3.05, 3.63) is 34.9 Å². The van der Waals surface area contributed by atoms with E-state index >= 15 is 0 Å². The van der Waals surface area contributed by atoms with Gasteiger partial charge in [0.2, 0.25) is 5.91 Å². The first-order valence-electron chi connectivity index (χ1n) is 5.73. The van der Waals surface area contributed by atoms with Crippen molar-refractivity contribution in [1.29, 1.82) is 0 Å². The van der Waals surface area contributed by atoms with E-state index in [0.717, 1.165) is 12.0 Å². The fourth-order valence-corrected chi connectivity index (χ4v) is 1.74. The third kappa shape index (κ3) is 4.75. The Labute approximate surface area is 107 Å². The van der Waals surface area contributed by atoms with Crippen molar-refractivity contribution < 1.29 is 9.90 Å². The van der Waals surface area contributed by atoms with Gasteiger partial charge >= 0.3 is 0 Å². The Morgan fingerprint density at radius 2 is 2.06 bits per heavy atom. The number of carbonyl (C=O) groups excluding carboxylic acids is 1. The van der Waals surface area contributed by atoms with Crippen LogP contribution in [0, 0.1) is 0 Å². The van der Waals surface area contributed by atoms with Crippen molar-refractivity contribution >= 4 is 17.5 Å². The molecule has 0 bridgehead atoms. The average Bonchev–Trinajstić information content (AvgIpc) is 2.32. The molecule has 1 aromatic rings. The lowest BCUT2D eigenvalue weighted by Gasteiger charge is -2.17. The molecule has 17 heavy (non-hydrogen) atoms. The molecule has 0 unspecified atom stereocenters. The van der Waals surface area contributed by atoms with Crippen molar-refractivity contribution in [2.45, 2.75) is 25.8 Å². The van der Waals surface area contributed by atoms with Gasteiger partial charge in [0.1, 0.15) is 0 Å². The van der Waals surface area contributed by atoms with Crippen LogP contribution in [0.2, 0.25) is 5.02 Å². The van der Waals surface area contributed by atoms with Crippen LogP contribution in [0.15, 0.2) is 24.3 Å². The third-order valence-electron chi connectivity index (χ3n) is 2.59. The normalized spacial score (nSPS) is 10.3. The number of unbranched alkanes of at least 4 members (excludes halogenated alkanes) is 1. The van der Waals surface area contributed by atoms with Gasteiger partial charge in [-0.15, -0.1) is 0 Å². The minimum atomic E-state index is 0.0818. The number of aliphatic hydroxyl groups is 1. The van der Waals surface area contributed by atoms with Crippen LogP contribution in [0.25, 0.3) is 0 Å². The summed E-state index contributed by atoms with van der Waals surface area (Å²) in [6.07, 6.45) is 1.87. The van der Waals surface area contributed by atoms with E-state index < -0.39 is 0 Å². The molecular weight excluding hydrogens is 238 g/mol. The lowest BCUT2D eigenvalue weighted by atomic mass is 10.2. The van der Waals surface area contributed by atoms with Gasteiger partial charge in [-0.05, 0) is 24.5 Å². The summed E-state index contributed by atoms with van der Waals surface area (Å²) >= 11 is 6.03. The zero-order chi connectivity index (χ0) is 12.7. The highest BCUT2D eigenvalue weighted by atomic mass is 35.5. The molecule has 1 aromatic carbocycles. The second-order valence-electron chi connectivity index (χ2n) is 4.02. The van der Waals surface area contributed by atoms with Crippen LogP contribution in [0.5, 0.6) is 0 Å². The lowest BCUT2D eigenvalue weighted by Crippen LogP contribution is -2.26. The highest BCUT2D eigenvalue weighted by Gasteiger charge is 2.10. The van der Waals surface area contributed by atoms with E-state index in [0.29, 0.717) is 24.4 Å². The Bertz CT molecular complexity index is 368. The molecule has 0 heterocycles. The topological polar surface area (TPSA) is 40.5 Å². The summed E-state index contributed by atoms with van der Waals surface area (Å²) in [6.45, 7) is 0.666. The maximum Gasteiger partial charge on any atom is 0.222 e. The van der Waals surface area contributed by atoms with Gasteiger partial charge in [0.25, 0.3) is 0 Å². The van der Waals surface area contributed by atoms with Crippen LogP contribution in [0.1, 0.15) is 24.8 Å². The molecule has 0 aliphatic rings. The number of rotatable bonds is 6. The van der Waals surface area contributed by atoms with E-state index in [1.54, 1.807) is 11.9 Å². The number of nitrogens with zero attached hydrogens (tertiary/aromatic N) is 1. The molecule has 0 saturated heterocycles. The average molecular weight is 256 g/mol. The standard InChI is InChI=1S/C13H18ClNO2/c1-15(13(17)8-4-5-9-16)10-11-6-2-3-7-12(11)14/h2-3,6-7,16H,4-5,8-10H2,1H3. The summed E-state index contributed by atoms with van der Waals surface area (Å²) in [5.41, 5.74) is 0.951. The van der Waals surface area contributed by atoms with E-state index in [4.69, 9.17) is 16.7 Å². The quantitative estimate of drug-likeness (QED) is 0.794. The van der Waals surface area contributed by atoms with Gasteiger partial charge in [0, 0.05) is 31.6 Å². The van der Waals surface area contributed by atoms with Crippen molar-refractivity contribution in [2.75, 3.05) is 13.7 Å². The van der Waals surface area contributed by atoms with Crippen LogP contribution in [-0.4, -0.2) is 29.6 Å². The Kier molecular flexibility index (Phi) is 6.01. The second-order valence-corrected chi connectivity index (χ2v) is 4.43. The molecule has 0 saturated carbocycles. The van der Waals surface area contributed by atoms with Gasteiger partial charge in [-0.2, -0.15) is 0 Å². The molecule has 0 aromatic heterocycles. The van der Waals surface area contributed by atoms with Crippen LogP contribution < -0.4 is 0 Å². The molecular formula is C13H18ClNO2. The van der Waals surface area contributed by atoms with E-state index in [-0.39, 0.29) is 12.5 Å². The number of carbonyl (C=O) groups is 1. The smallest absolute Gasteiger partial charge is 0.222 e. The Balaban J connectivity index is 2.46. The lowest BCUT2D eigenvalue weighted by molar-refractivity contribution is -0.130. The Hall–Kier alpha value is -1.06. The Morgan fingerprint density at radius 3 is 2.71 bits per heavy atom. The molecule has 0 aliphatic carbocycles. The fraction of sp³-hybridized carbons (Fsp3) is 0.462.